The summed E-state index contributed by atoms with van der Waals surface area (Å²) in [6, 6.07) is 15.0. The van der Waals surface area contributed by atoms with Gasteiger partial charge in [-0.1, -0.05) is 29.8 Å². The van der Waals surface area contributed by atoms with E-state index in [1.807, 2.05) is 60.5 Å². The Bertz CT molecular complexity index is 725. The van der Waals surface area contributed by atoms with Gasteiger partial charge in [0.1, 0.15) is 12.4 Å². The van der Waals surface area contributed by atoms with E-state index in [9.17, 15) is 4.79 Å². The van der Waals surface area contributed by atoms with Gasteiger partial charge >= 0.3 is 0 Å². The Morgan fingerprint density at radius 3 is 2.62 bits per heavy atom. The van der Waals surface area contributed by atoms with Gasteiger partial charge in [-0.3, -0.25) is 4.79 Å². The fourth-order valence-corrected chi connectivity index (χ4v) is 3.40. The fraction of sp³-hybridized carbons (Fsp3) is 0.381. The highest BCUT2D eigenvalue weighted by Crippen LogP contribution is 2.21. The summed E-state index contributed by atoms with van der Waals surface area (Å²) in [5, 5.41) is 3.93. The van der Waals surface area contributed by atoms with Gasteiger partial charge in [0.2, 0.25) is 0 Å². The zero-order valence-corrected chi connectivity index (χ0v) is 15.8. The van der Waals surface area contributed by atoms with Gasteiger partial charge in [-0.25, -0.2) is 0 Å². The molecule has 1 aliphatic heterocycles. The standard InChI is InChI=1S/C21H25ClN2O2/c1-23-14-16-9-11-24(12-10-16)21(25)18-3-2-4-20(13-18)26-15-17-5-7-19(22)8-6-17/h2-8,13,16,23H,9-12,14-15H2,1H3. The van der Waals surface area contributed by atoms with Crippen LogP contribution in [0.4, 0.5) is 0 Å². The van der Waals surface area contributed by atoms with Gasteiger partial charge in [0, 0.05) is 23.7 Å². The van der Waals surface area contributed by atoms with Crippen LogP contribution >= 0.6 is 11.6 Å². The first-order valence-electron chi connectivity index (χ1n) is 9.07. The number of hydrogen-bond acceptors (Lipinski definition) is 3. The lowest BCUT2D eigenvalue weighted by Crippen LogP contribution is -2.40. The van der Waals surface area contributed by atoms with Crippen LogP contribution in [0.2, 0.25) is 5.02 Å². The van der Waals surface area contributed by atoms with Gasteiger partial charge in [0.25, 0.3) is 5.91 Å². The minimum Gasteiger partial charge on any atom is -0.489 e. The highest BCUT2D eigenvalue weighted by molar-refractivity contribution is 6.30. The Hall–Kier alpha value is -2.04. The average Bonchev–Trinajstić information content (AvgIpc) is 2.68. The normalized spacial score (nSPS) is 15.1. The third-order valence-corrected chi connectivity index (χ3v) is 5.05. The van der Waals surface area contributed by atoms with Gasteiger partial charge in [0.05, 0.1) is 0 Å². The van der Waals surface area contributed by atoms with E-state index in [4.69, 9.17) is 16.3 Å². The summed E-state index contributed by atoms with van der Waals surface area (Å²) in [6.07, 6.45) is 2.11. The molecule has 1 fully saturated rings. The van der Waals surface area contributed by atoms with E-state index in [0.717, 1.165) is 38.0 Å². The van der Waals surface area contributed by atoms with Crippen LogP contribution in [-0.4, -0.2) is 37.5 Å². The van der Waals surface area contributed by atoms with Crippen molar-refractivity contribution in [2.24, 2.45) is 5.92 Å². The molecule has 3 rings (SSSR count). The van der Waals surface area contributed by atoms with Crippen molar-refractivity contribution in [2.45, 2.75) is 19.4 Å². The molecule has 0 aliphatic carbocycles. The minimum absolute atomic E-state index is 0.0878. The van der Waals surface area contributed by atoms with Crippen LogP contribution in [0.3, 0.4) is 0 Å². The molecule has 1 saturated heterocycles. The Morgan fingerprint density at radius 1 is 1.19 bits per heavy atom. The Kier molecular flexibility index (Phi) is 6.53. The summed E-state index contributed by atoms with van der Waals surface area (Å²) < 4.78 is 5.84. The maximum absolute atomic E-state index is 12.8. The third-order valence-electron chi connectivity index (χ3n) is 4.79. The number of amides is 1. The molecule has 0 atom stereocenters. The van der Waals surface area contributed by atoms with Crippen molar-refractivity contribution in [2.75, 3.05) is 26.7 Å². The lowest BCUT2D eigenvalue weighted by Gasteiger charge is -2.32. The van der Waals surface area contributed by atoms with Crippen molar-refractivity contribution in [1.82, 2.24) is 10.2 Å². The number of likely N-dealkylation sites (tertiary alicyclic amines) is 1. The monoisotopic (exact) mass is 372 g/mol. The lowest BCUT2D eigenvalue weighted by molar-refractivity contribution is 0.0690. The Balaban J connectivity index is 1.58. The van der Waals surface area contributed by atoms with E-state index >= 15 is 0 Å². The van der Waals surface area contributed by atoms with E-state index in [0.29, 0.717) is 28.9 Å². The SMILES string of the molecule is CNCC1CCN(C(=O)c2cccc(OCc3ccc(Cl)cc3)c2)CC1. The van der Waals surface area contributed by atoms with Crippen molar-refractivity contribution in [3.05, 3.63) is 64.7 Å². The number of halogens is 1. The minimum atomic E-state index is 0.0878. The van der Waals surface area contributed by atoms with Crippen LogP contribution in [0.25, 0.3) is 0 Å². The lowest BCUT2D eigenvalue weighted by atomic mass is 9.96. The number of carbonyl (C=O) groups excluding carboxylic acids is 1. The highest BCUT2D eigenvalue weighted by atomic mass is 35.5. The fourth-order valence-electron chi connectivity index (χ4n) is 3.28. The molecule has 1 heterocycles. The maximum atomic E-state index is 12.8. The van der Waals surface area contributed by atoms with E-state index < -0.39 is 0 Å². The first kappa shape index (κ1) is 18.7. The molecule has 1 aliphatic rings. The molecular formula is C21H25ClN2O2. The van der Waals surface area contributed by atoms with Crippen LogP contribution in [0, 0.1) is 5.92 Å². The number of benzene rings is 2. The van der Waals surface area contributed by atoms with E-state index in [1.54, 1.807) is 0 Å². The van der Waals surface area contributed by atoms with Crippen LogP contribution in [0.1, 0.15) is 28.8 Å². The molecule has 2 aromatic carbocycles. The number of nitrogens with zero attached hydrogens (tertiary/aromatic N) is 1. The van der Waals surface area contributed by atoms with E-state index in [1.165, 1.54) is 0 Å². The Morgan fingerprint density at radius 2 is 1.92 bits per heavy atom. The second-order valence-electron chi connectivity index (χ2n) is 6.74. The first-order valence-corrected chi connectivity index (χ1v) is 9.44. The molecule has 0 spiro atoms. The molecule has 138 valence electrons. The summed E-state index contributed by atoms with van der Waals surface area (Å²) in [7, 11) is 1.98. The number of nitrogens with one attached hydrogen (secondary N) is 1. The molecular weight excluding hydrogens is 348 g/mol. The topological polar surface area (TPSA) is 41.6 Å². The van der Waals surface area contributed by atoms with Crippen molar-refractivity contribution in [1.29, 1.82) is 0 Å². The zero-order chi connectivity index (χ0) is 18.4. The predicted molar refractivity (Wildman–Crippen MR) is 105 cm³/mol. The van der Waals surface area contributed by atoms with Crippen LogP contribution in [-0.2, 0) is 6.61 Å². The summed E-state index contributed by atoms with van der Waals surface area (Å²) in [5.41, 5.74) is 1.73. The number of piperidine rings is 1. The molecule has 0 bridgehead atoms. The molecule has 5 heteroatoms. The summed E-state index contributed by atoms with van der Waals surface area (Å²) in [4.78, 5) is 14.7. The zero-order valence-electron chi connectivity index (χ0n) is 15.1. The summed E-state index contributed by atoms with van der Waals surface area (Å²) in [6.45, 7) is 3.11. The van der Waals surface area contributed by atoms with Crippen molar-refractivity contribution in [3.63, 3.8) is 0 Å². The van der Waals surface area contributed by atoms with Crippen molar-refractivity contribution >= 4 is 17.5 Å². The molecule has 0 radical (unpaired) electrons. The molecule has 0 unspecified atom stereocenters. The molecule has 0 aromatic heterocycles. The number of rotatable bonds is 6. The van der Waals surface area contributed by atoms with Crippen LogP contribution in [0.5, 0.6) is 5.75 Å². The van der Waals surface area contributed by atoms with E-state index in [-0.39, 0.29) is 5.91 Å². The van der Waals surface area contributed by atoms with Gasteiger partial charge in [0.15, 0.2) is 0 Å². The maximum Gasteiger partial charge on any atom is 0.253 e. The smallest absolute Gasteiger partial charge is 0.253 e. The largest absolute Gasteiger partial charge is 0.489 e. The molecule has 2 aromatic rings. The molecule has 4 nitrogen and oxygen atoms in total. The summed E-state index contributed by atoms with van der Waals surface area (Å²) in [5.74, 6) is 1.46. The second kappa shape index (κ2) is 9.06. The second-order valence-corrected chi connectivity index (χ2v) is 7.17. The van der Waals surface area contributed by atoms with E-state index in [2.05, 4.69) is 5.32 Å². The molecule has 0 saturated carbocycles. The van der Waals surface area contributed by atoms with Crippen molar-refractivity contribution < 1.29 is 9.53 Å². The van der Waals surface area contributed by atoms with Crippen LogP contribution in [0.15, 0.2) is 48.5 Å². The molecule has 26 heavy (non-hydrogen) atoms. The van der Waals surface area contributed by atoms with Gasteiger partial charge in [-0.2, -0.15) is 0 Å². The highest BCUT2D eigenvalue weighted by Gasteiger charge is 2.23. The van der Waals surface area contributed by atoms with Crippen LogP contribution < -0.4 is 10.1 Å². The summed E-state index contributed by atoms with van der Waals surface area (Å²) >= 11 is 5.90. The quantitative estimate of drug-likeness (QED) is 0.833. The van der Waals surface area contributed by atoms with Gasteiger partial charge < -0.3 is 15.0 Å². The van der Waals surface area contributed by atoms with Gasteiger partial charge in [-0.05, 0) is 68.2 Å². The molecule has 1 N–H and O–H groups in total. The Labute approximate surface area is 160 Å². The predicted octanol–water partition coefficient (Wildman–Crippen LogP) is 3.99. The van der Waals surface area contributed by atoms with Gasteiger partial charge in [-0.15, -0.1) is 0 Å². The molecule has 1 amide bonds. The number of carbonyl (C=O) groups is 1. The number of hydrogen-bond donors (Lipinski definition) is 1. The number of ether oxygens (including phenoxy) is 1. The third kappa shape index (κ3) is 4.99. The van der Waals surface area contributed by atoms with Crippen molar-refractivity contribution in [3.8, 4) is 5.75 Å². The first-order chi connectivity index (χ1) is 12.7. The average molecular weight is 373 g/mol.